The van der Waals surface area contributed by atoms with Crippen molar-refractivity contribution >= 4 is 81.1 Å². The molecule has 2 aromatic heterocycles. The van der Waals surface area contributed by atoms with E-state index in [-0.39, 0.29) is 0 Å². The predicted octanol–water partition coefficient (Wildman–Crippen LogP) is 16.0. The fourth-order valence-electron chi connectivity index (χ4n) is 9.20. The average molecular weight is 759 g/mol. The van der Waals surface area contributed by atoms with Crippen molar-refractivity contribution in [1.82, 2.24) is 4.57 Å². The van der Waals surface area contributed by atoms with Crippen molar-refractivity contribution in [3.05, 3.63) is 206 Å². The third-order valence-electron chi connectivity index (χ3n) is 12.1. The van der Waals surface area contributed by atoms with E-state index in [4.69, 9.17) is 0 Å². The van der Waals surface area contributed by atoms with Crippen LogP contribution in [-0.2, 0) is 0 Å². The van der Waals surface area contributed by atoms with Gasteiger partial charge in [0.05, 0.1) is 11.0 Å². The molecule has 0 unspecified atom stereocenters. The van der Waals surface area contributed by atoms with Gasteiger partial charge < -0.3 is 9.47 Å². The lowest BCUT2D eigenvalue weighted by molar-refractivity contribution is 1.15. The summed E-state index contributed by atoms with van der Waals surface area (Å²) in [7, 11) is 0. The minimum absolute atomic E-state index is 0.599. The molecule has 1 aliphatic rings. The Morgan fingerprint density at radius 3 is 1.60 bits per heavy atom. The van der Waals surface area contributed by atoms with Crippen LogP contribution < -0.4 is 4.90 Å². The summed E-state index contributed by atoms with van der Waals surface area (Å²) >= 11 is 1.88. The Morgan fingerprint density at radius 2 is 0.931 bits per heavy atom. The van der Waals surface area contributed by atoms with E-state index in [9.17, 15) is 0 Å². The fourth-order valence-corrected chi connectivity index (χ4v) is 10.3. The number of benzene rings is 9. The number of aromatic nitrogens is 1. The molecule has 0 radical (unpaired) electrons. The molecule has 274 valence electrons. The summed E-state index contributed by atoms with van der Waals surface area (Å²) in [6.45, 7) is 0. The molecule has 0 saturated heterocycles. The molecule has 2 nitrogen and oxygen atoms in total. The minimum Gasteiger partial charge on any atom is -0.310 e. The normalized spacial score (nSPS) is 13.0. The van der Waals surface area contributed by atoms with Crippen molar-refractivity contribution in [2.45, 2.75) is 18.8 Å². The van der Waals surface area contributed by atoms with Crippen molar-refractivity contribution in [1.29, 1.82) is 0 Å². The molecule has 0 bridgehead atoms. The number of hydrogen-bond acceptors (Lipinski definition) is 2. The number of anilines is 3. The molecular formula is C55H38N2S. The van der Waals surface area contributed by atoms with Gasteiger partial charge in [0.2, 0.25) is 0 Å². The van der Waals surface area contributed by atoms with Gasteiger partial charge in [-0.3, -0.25) is 0 Å². The second kappa shape index (κ2) is 13.3. The van der Waals surface area contributed by atoms with Gasteiger partial charge in [0.1, 0.15) is 0 Å². The first-order chi connectivity index (χ1) is 28.7. The lowest BCUT2D eigenvalue weighted by Gasteiger charge is -2.27. The van der Waals surface area contributed by atoms with Gasteiger partial charge in [-0.15, -0.1) is 11.3 Å². The zero-order valence-corrected chi connectivity index (χ0v) is 32.7. The number of thiophene rings is 1. The number of rotatable bonds is 7. The van der Waals surface area contributed by atoms with Crippen LogP contribution in [0.25, 0.3) is 80.7 Å². The quantitative estimate of drug-likeness (QED) is 0.157. The summed E-state index contributed by atoms with van der Waals surface area (Å²) in [5, 5.41) is 7.91. The Morgan fingerprint density at radius 1 is 0.397 bits per heavy atom. The molecule has 58 heavy (non-hydrogen) atoms. The number of para-hydroxylation sites is 1. The standard InChI is InChI=1S/C55H38N2S/c1-3-11-36(12-4-1)38-21-25-41(26-22-38)56(42-27-23-39(24-28-42)37-13-5-2-6-14-37)43-29-31-45-49(40-19-20-40)35-51-46-15-7-9-17-52(46)57(55(51)50(45)33-43)44-30-32-48-47-16-8-10-18-53(47)58-54(48)34-44/h1-18,21-35,40H,19-20H2. The van der Waals surface area contributed by atoms with Gasteiger partial charge in [-0.05, 0) is 119 Å². The van der Waals surface area contributed by atoms with E-state index in [1.54, 1.807) is 0 Å². The first kappa shape index (κ1) is 33.2. The summed E-state index contributed by atoms with van der Waals surface area (Å²) in [6, 6.07) is 73.9. The Labute approximate surface area is 341 Å². The summed E-state index contributed by atoms with van der Waals surface area (Å²) in [4.78, 5) is 2.43. The van der Waals surface area contributed by atoms with E-state index in [1.807, 2.05) is 11.3 Å². The van der Waals surface area contributed by atoms with Crippen LogP contribution in [0.15, 0.2) is 200 Å². The van der Waals surface area contributed by atoms with Crippen molar-refractivity contribution in [3.63, 3.8) is 0 Å². The zero-order valence-electron chi connectivity index (χ0n) is 31.8. The maximum absolute atomic E-state index is 2.53. The molecule has 9 aromatic carbocycles. The SMILES string of the molecule is c1ccc(-c2ccc(N(c3ccc(-c4ccccc4)cc3)c3ccc4c(C5CC5)cc5c6ccccc6n(-c6ccc7c(c6)sc6ccccc67)c5c4c3)cc2)cc1. The average Bonchev–Trinajstić information content (AvgIpc) is 3.99. The van der Waals surface area contributed by atoms with Crippen molar-refractivity contribution in [2.75, 3.05) is 4.90 Å². The van der Waals surface area contributed by atoms with Gasteiger partial charge in [0.15, 0.2) is 0 Å². The van der Waals surface area contributed by atoms with Gasteiger partial charge in [0.25, 0.3) is 0 Å². The molecular weight excluding hydrogens is 721 g/mol. The number of nitrogens with zero attached hydrogens (tertiary/aromatic N) is 2. The molecule has 1 fully saturated rings. The molecule has 1 saturated carbocycles. The van der Waals surface area contributed by atoms with Gasteiger partial charge in [-0.25, -0.2) is 0 Å². The summed E-state index contributed by atoms with van der Waals surface area (Å²) in [5.74, 6) is 0.599. The summed E-state index contributed by atoms with van der Waals surface area (Å²) in [6.07, 6.45) is 2.49. The van der Waals surface area contributed by atoms with E-state index in [1.165, 1.54) is 99.1 Å². The molecule has 2 heterocycles. The second-order valence-electron chi connectivity index (χ2n) is 15.7. The van der Waals surface area contributed by atoms with E-state index < -0.39 is 0 Å². The highest BCUT2D eigenvalue weighted by molar-refractivity contribution is 7.25. The first-order valence-electron chi connectivity index (χ1n) is 20.3. The molecule has 0 N–H and O–H groups in total. The molecule has 3 heteroatoms. The minimum atomic E-state index is 0.599. The summed E-state index contributed by atoms with van der Waals surface area (Å²) in [5.41, 5.74) is 13.4. The fraction of sp³-hybridized carbons (Fsp3) is 0.0545. The third kappa shape index (κ3) is 5.46. The maximum Gasteiger partial charge on any atom is 0.0620 e. The molecule has 0 aliphatic heterocycles. The Balaban J connectivity index is 1.10. The summed E-state index contributed by atoms with van der Waals surface area (Å²) < 4.78 is 5.17. The van der Waals surface area contributed by atoms with E-state index in [0.29, 0.717) is 5.92 Å². The Bertz CT molecular complexity index is 3240. The van der Waals surface area contributed by atoms with Gasteiger partial charge >= 0.3 is 0 Å². The molecule has 11 aromatic rings. The van der Waals surface area contributed by atoms with Crippen LogP contribution in [-0.4, -0.2) is 4.57 Å². The lowest BCUT2D eigenvalue weighted by Crippen LogP contribution is -2.10. The van der Waals surface area contributed by atoms with E-state index >= 15 is 0 Å². The smallest absolute Gasteiger partial charge is 0.0620 e. The molecule has 0 amide bonds. The van der Waals surface area contributed by atoms with Crippen LogP contribution in [0.5, 0.6) is 0 Å². The van der Waals surface area contributed by atoms with Crippen molar-refractivity contribution in [2.24, 2.45) is 0 Å². The topological polar surface area (TPSA) is 8.17 Å². The predicted molar refractivity (Wildman–Crippen MR) is 249 cm³/mol. The number of fused-ring (bicyclic) bond motifs is 8. The highest BCUT2D eigenvalue weighted by Gasteiger charge is 2.28. The zero-order chi connectivity index (χ0) is 38.2. The maximum atomic E-state index is 2.53. The molecule has 0 atom stereocenters. The van der Waals surface area contributed by atoms with Crippen LogP contribution in [0, 0.1) is 0 Å². The second-order valence-corrected chi connectivity index (χ2v) is 16.7. The van der Waals surface area contributed by atoms with Gasteiger partial charge in [-0.1, -0.05) is 133 Å². The van der Waals surface area contributed by atoms with E-state index in [0.717, 1.165) is 17.1 Å². The largest absolute Gasteiger partial charge is 0.310 e. The molecule has 0 spiro atoms. The van der Waals surface area contributed by atoms with Crippen LogP contribution >= 0.6 is 11.3 Å². The van der Waals surface area contributed by atoms with Crippen molar-refractivity contribution in [3.8, 4) is 27.9 Å². The van der Waals surface area contributed by atoms with E-state index in [2.05, 4.69) is 210 Å². The Hall–Kier alpha value is -6.94. The highest BCUT2D eigenvalue weighted by atomic mass is 32.1. The molecule has 12 rings (SSSR count). The third-order valence-corrected chi connectivity index (χ3v) is 13.3. The Kier molecular flexibility index (Phi) is 7.64. The van der Waals surface area contributed by atoms with Crippen LogP contribution in [0.2, 0.25) is 0 Å². The van der Waals surface area contributed by atoms with Gasteiger partial charge in [-0.2, -0.15) is 0 Å². The monoisotopic (exact) mass is 758 g/mol. The van der Waals surface area contributed by atoms with Gasteiger partial charge in [0, 0.05) is 59.1 Å². The lowest BCUT2D eigenvalue weighted by atomic mass is 9.96. The van der Waals surface area contributed by atoms with Crippen molar-refractivity contribution < 1.29 is 0 Å². The number of hydrogen-bond donors (Lipinski definition) is 0. The molecule has 1 aliphatic carbocycles. The van der Waals surface area contributed by atoms with Crippen LogP contribution in [0.1, 0.15) is 24.3 Å². The highest BCUT2D eigenvalue weighted by Crippen LogP contribution is 2.49. The van der Waals surface area contributed by atoms with Crippen LogP contribution in [0.3, 0.4) is 0 Å². The first-order valence-corrected chi connectivity index (χ1v) is 21.1. The van der Waals surface area contributed by atoms with Crippen LogP contribution in [0.4, 0.5) is 17.1 Å².